The van der Waals surface area contributed by atoms with E-state index in [1.54, 1.807) is 6.92 Å². The maximum atomic E-state index is 11.9. The van der Waals surface area contributed by atoms with E-state index in [-0.39, 0.29) is 18.5 Å². The molecule has 5 heteroatoms. The van der Waals surface area contributed by atoms with Gasteiger partial charge in [-0.2, -0.15) is 0 Å². The quantitative estimate of drug-likeness (QED) is 0.689. The number of ether oxygens (including phenoxy) is 1. The summed E-state index contributed by atoms with van der Waals surface area (Å²) in [7, 11) is 0. The Morgan fingerprint density at radius 1 is 1.47 bits per heavy atom. The summed E-state index contributed by atoms with van der Waals surface area (Å²) in [4.78, 5) is 22.7. The third kappa shape index (κ3) is 3.19. The van der Waals surface area contributed by atoms with Crippen LogP contribution in [0.15, 0.2) is 0 Å². The summed E-state index contributed by atoms with van der Waals surface area (Å²) in [6, 6.07) is 0. The van der Waals surface area contributed by atoms with E-state index in [0.29, 0.717) is 12.8 Å². The second-order valence-corrected chi connectivity index (χ2v) is 5.16. The molecule has 5 nitrogen and oxygen atoms in total. The molecule has 2 N–H and O–H groups in total. The molecule has 0 aromatic heterocycles. The summed E-state index contributed by atoms with van der Waals surface area (Å²) < 4.78 is 5.21. The lowest BCUT2D eigenvalue weighted by Crippen LogP contribution is -2.40. The smallest absolute Gasteiger partial charge is 0.335 e. The second kappa shape index (κ2) is 4.64. The van der Waals surface area contributed by atoms with Crippen LogP contribution in [0.4, 0.5) is 0 Å². The first-order valence-electron chi connectivity index (χ1n) is 5.90. The van der Waals surface area contributed by atoms with E-state index in [4.69, 9.17) is 9.84 Å². The molecule has 1 rings (SSSR count). The van der Waals surface area contributed by atoms with Crippen LogP contribution in [-0.4, -0.2) is 33.9 Å². The van der Waals surface area contributed by atoms with Crippen molar-refractivity contribution in [2.24, 2.45) is 5.41 Å². The van der Waals surface area contributed by atoms with Gasteiger partial charge in [0, 0.05) is 6.42 Å². The molecule has 0 spiro atoms. The molecule has 0 bridgehead atoms. The highest BCUT2D eigenvalue weighted by atomic mass is 16.5. The maximum absolute atomic E-state index is 11.9. The second-order valence-electron chi connectivity index (χ2n) is 5.16. The topological polar surface area (TPSA) is 83.8 Å². The van der Waals surface area contributed by atoms with E-state index < -0.39 is 17.0 Å². The van der Waals surface area contributed by atoms with Gasteiger partial charge in [-0.15, -0.1) is 0 Å². The summed E-state index contributed by atoms with van der Waals surface area (Å²) in [5, 5.41) is 18.5. The Morgan fingerprint density at radius 2 is 2.00 bits per heavy atom. The predicted octanol–water partition coefficient (Wildman–Crippen LogP) is 1.33. The number of carboxylic acid groups (broad SMARTS) is 1. The maximum Gasteiger partial charge on any atom is 0.335 e. The summed E-state index contributed by atoms with van der Waals surface area (Å²) in [5.41, 5.74) is -2.66. The van der Waals surface area contributed by atoms with E-state index in [2.05, 4.69) is 0 Å². The van der Waals surface area contributed by atoms with Crippen molar-refractivity contribution in [3.05, 3.63) is 0 Å². The van der Waals surface area contributed by atoms with Crippen molar-refractivity contribution in [3.8, 4) is 0 Å². The largest absolute Gasteiger partial charge is 0.479 e. The molecule has 1 saturated carbocycles. The molecular formula is C12H20O5. The molecule has 1 aliphatic carbocycles. The van der Waals surface area contributed by atoms with Gasteiger partial charge in [0.2, 0.25) is 0 Å². The molecular weight excluding hydrogens is 224 g/mol. The molecule has 1 aliphatic rings. The number of esters is 1. The minimum atomic E-state index is -1.87. The molecule has 0 aromatic rings. The zero-order valence-electron chi connectivity index (χ0n) is 10.5. The van der Waals surface area contributed by atoms with E-state index in [1.807, 2.05) is 6.92 Å². The molecule has 98 valence electrons. The van der Waals surface area contributed by atoms with E-state index in [0.717, 1.165) is 6.42 Å². The van der Waals surface area contributed by atoms with Crippen LogP contribution in [0.5, 0.6) is 0 Å². The third-order valence-corrected chi connectivity index (χ3v) is 3.31. The number of aliphatic hydroxyl groups is 1. The van der Waals surface area contributed by atoms with Crippen LogP contribution in [0.2, 0.25) is 0 Å². The summed E-state index contributed by atoms with van der Waals surface area (Å²) in [6.45, 7) is 4.92. The van der Waals surface area contributed by atoms with Crippen LogP contribution in [-0.2, 0) is 14.3 Å². The van der Waals surface area contributed by atoms with Gasteiger partial charge in [-0.3, -0.25) is 4.79 Å². The average molecular weight is 244 g/mol. The normalized spacial score (nSPS) is 22.4. The number of rotatable bonds is 6. The van der Waals surface area contributed by atoms with Gasteiger partial charge in [-0.1, -0.05) is 6.92 Å². The fourth-order valence-corrected chi connectivity index (χ4v) is 1.73. The van der Waals surface area contributed by atoms with Crippen LogP contribution >= 0.6 is 0 Å². The molecule has 0 aromatic carbocycles. The molecule has 17 heavy (non-hydrogen) atoms. The Labute approximate surface area is 101 Å². The molecule has 0 amide bonds. The van der Waals surface area contributed by atoms with Crippen LogP contribution < -0.4 is 0 Å². The lowest BCUT2D eigenvalue weighted by atomic mass is 9.89. The Morgan fingerprint density at radius 3 is 2.35 bits per heavy atom. The van der Waals surface area contributed by atoms with Crippen molar-refractivity contribution < 1.29 is 24.5 Å². The molecule has 0 radical (unpaired) electrons. The zero-order chi connectivity index (χ0) is 13.3. The Kier molecular flexibility index (Phi) is 3.81. The van der Waals surface area contributed by atoms with Gasteiger partial charge in [0.25, 0.3) is 0 Å². The van der Waals surface area contributed by atoms with E-state index >= 15 is 0 Å². The fraction of sp³-hybridized carbons (Fsp3) is 0.833. The van der Waals surface area contributed by atoms with Gasteiger partial charge in [0.1, 0.15) is 0 Å². The Hall–Kier alpha value is -1.10. The highest BCUT2D eigenvalue weighted by molar-refractivity contribution is 5.83. The van der Waals surface area contributed by atoms with E-state index in [9.17, 15) is 14.7 Å². The lowest BCUT2D eigenvalue weighted by molar-refractivity contribution is -0.165. The van der Waals surface area contributed by atoms with Crippen LogP contribution in [0.1, 0.15) is 46.5 Å². The summed E-state index contributed by atoms with van der Waals surface area (Å²) in [6.07, 6.45) is 1.65. The molecule has 2 unspecified atom stereocenters. The predicted molar refractivity (Wildman–Crippen MR) is 60.4 cm³/mol. The van der Waals surface area contributed by atoms with Crippen molar-refractivity contribution in [1.29, 1.82) is 0 Å². The molecule has 1 fully saturated rings. The minimum absolute atomic E-state index is 0.0788. The first-order valence-corrected chi connectivity index (χ1v) is 5.90. The van der Waals surface area contributed by atoms with E-state index in [1.165, 1.54) is 6.92 Å². The molecule has 0 heterocycles. The Balaban J connectivity index is 2.64. The van der Waals surface area contributed by atoms with Gasteiger partial charge in [-0.25, -0.2) is 4.79 Å². The van der Waals surface area contributed by atoms with Crippen LogP contribution in [0.25, 0.3) is 0 Å². The van der Waals surface area contributed by atoms with Crippen molar-refractivity contribution in [2.75, 3.05) is 0 Å². The number of hydrogen-bond acceptors (Lipinski definition) is 4. The highest BCUT2D eigenvalue weighted by Gasteiger charge is 2.56. The highest BCUT2D eigenvalue weighted by Crippen LogP contribution is 2.52. The van der Waals surface area contributed by atoms with Gasteiger partial charge < -0.3 is 14.9 Å². The van der Waals surface area contributed by atoms with Crippen molar-refractivity contribution >= 4 is 11.9 Å². The molecule has 0 aliphatic heterocycles. The monoisotopic (exact) mass is 244 g/mol. The third-order valence-electron chi connectivity index (χ3n) is 3.31. The fourth-order valence-electron chi connectivity index (χ4n) is 1.73. The first-order chi connectivity index (χ1) is 7.73. The van der Waals surface area contributed by atoms with Crippen LogP contribution in [0, 0.1) is 5.41 Å². The number of carbonyl (C=O) groups is 2. The number of aliphatic carboxylic acids is 1. The van der Waals surface area contributed by atoms with Gasteiger partial charge in [-0.05, 0) is 33.1 Å². The molecule has 2 atom stereocenters. The lowest BCUT2D eigenvalue weighted by Gasteiger charge is -2.24. The SMILES string of the molecule is CCC(C)OC(=O)C1(CC(C)(O)C(=O)O)CC1. The average Bonchev–Trinajstić information content (AvgIpc) is 2.97. The first kappa shape index (κ1) is 14.0. The van der Waals surface area contributed by atoms with Crippen molar-refractivity contribution in [3.63, 3.8) is 0 Å². The Bertz CT molecular complexity index is 317. The van der Waals surface area contributed by atoms with Crippen molar-refractivity contribution in [2.45, 2.75) is 58.2 Å². The summed E-state index contributed by atoms with van der Waals surface area (Å²) >= 11 is 0. The standard InChI is InChI=1S/C12H20O5/c1-4-8(2)17-10(15)12(5-6-12)7-11(3,16)9(13)14/h8,16H,4-7H2,1-3H3,(H,13,14). The molecule has 0 saturated heterocycles. The number of carboxylic acids is 1. The summed E-state index contributed by atoms with van der Waals surface area (Å²) in [5.74, 6) is -1.69. The minimum Gasteiger partial charge on any atom is -0.479 e. The van der Waals surface area contributed by atoms with Crippen LogP contribution in [0.3, 0.4) is 0 Å². The van der Waals surface area contributed by atoms with Gasteiger partial charge in [0.05, 0.1) is 11.5 Å². The van der Waals surface area contributed by atoms with Crippen molar-refractivity contribution in [1.82, 2.24) is 0 Å². The number of carbonyl (C=O) groups excluding carboxylic acids is 1. The zero-order valence-corrected chi connectivity index (χ0v) is 10.5. The van der Waals surface area contributed by atoms with Gasteiger partial charge in [0.15, 0.2) is 5.60 Å². The number of hydrogen-bond donors (Lipinski definition) is 2. The van der Waals surface area contributed by atoms with Gasteiger partial charge >= 0.3 is 11.9 Å².